The van der Waals surface area contributed by atoms with E-state index >= 15 is 0 Å². The van der Waals surface area contributed by atoms with Crippen molar-refractivity contribution in [1.29, 1.82) is 0 Å². The topological polar surface area (TPSA) is 21.3 Å². The molecule has 1 heterocycles. The van der Waals surface area contributed by atoms with Crippen LogP contribution in [0.5, 0.6) is 0 Å². The lowest BCUT2D eigenvalue weighted by molar-refractivity contribution is 0.0565. The van der Waals surface area contributed by atoms with Crippen molar-refractivity contribution in [2.24, 2.45) is 0 Å². The number of rotatable bonds is 6. The van der Waals surface area contributed by atoms with Crippen LogP contribution in [0.4, 0.5) is 0 Å². The molecule has 4 rings (SSSR count). The van der Waals surface area contributed by atoms with Crippen molar-refractivity contribution < 1.29 is 4.74 Å². The highest BCUT2D eigenvalue weighted by Crippen LogP contribution is 2.34. The summed E-state index contributed by atoms with van der Waals surface area (Å²) in [6.07, 6.45) is 2.25. The molecule has 1 saturated heterocycles. The van der Waals surface area contributed by atoms with Crippen molar-refractivity contribution in [2.45, 2.75) is 24.9 Å². The first-order chi connectivity index (χ1) is 13.4. The second-order valence-corrected chi connectivity index (χ2v) is 7.46. The zero-order valence-corrected chi connectivity index (χ0v) is 15.7. The van der Waals surface area contributed by atoms with Crippen LogP contribution in [0.2, 0.25) is 0 Å². The molecule has 3 aromatic rings. The van der Waals surface area contributed by atoms with Crippen molar-refractivity contribution in [3.63, 3.8) is 0 Å². The van der Waals surface area contributed by atoms with Crippen molar-refractivity contribution in [3.05, 3.63) is 96.1 Å². The average molecular weight is 357 g/mol. The van der Waals surface area contributed by atoms with Gasteiger partial charge in [-0.05, 0) is 54.3 Å². The number of hydrogen-bond acceptors (Lipinski definition) is 2. The van der Waals surface area contributed by atoms with E-state index in [1.807, 2.05) is 0 Å². The molecule has 0 saturated carbocycles. The van der Waals surface area contributed by atoms with E-state index in [1.165, 1.54) is 22.3 Å². The third kappa shape index (κ3) is 4.29. The molecule has 0 amide bonds. The highest BCUT2D eigenvalue weighted by atomic mass is 16.5. The van der Waals surface area contributed by atoms with Gasteiger partial charge in [0.1, 0.15) is 0 Å². The molecule has 2 heteroatoms. The molecule has 0 bridgehead atoms. The van der Waals surface area contributed by atoms with E-state index < -0.39 is 0 Å². The maximum Gasteiger partial charge on any atom is 0.0717 e. The molecule has 138 valence electrons. The third-order valence-electron chi connectivity index (χ3n) is 5.63. The predicted octanol–water partition coefficient (Wildman–Crippen LogP) is 5.19. The van der Waals surface area contributed by atoms with Gasteiger partial charge in [0.25, 0.3) is 0 Å². The second-order valence-electron chi connectivity index (χ2n) is 7.46. The second kappa shape index (κ2) is 8.51. The number of ether oxygens (including phenoxy) is 1. The molecule has 3 aromatic carbocycles. The first-order valence-electron chi connectivity index (χ1n) is 9.84. The SMILES string of the molecule is c1ccc(-c2cccc(COCC3(c4ccccc4)CCNCC3)c2)cc1. The first kappa shape index (κ1) is 18.0. The number of nitrogens with one attached hydrogen (secondary N) is 1. The van der Waals surface area contributed by atoms with Gasteiger partial charge in [-0.1, -0.05) is 78.9 Å². The fourth-order valence-corrected chi connectivity index (χ4v) is 4.05. The molecule has 0 spiro atoms. The average Bonchev–Trinajstić information content (AvgIpc) is 2.76. The van der Waals surface area contributed by atoms with Crippen molar-refractivity contribution in [2.75, 3.05) is 19.7 Å². The van der Waals surface area contributed by atoms with Gasteiger partial charge in [-0.15, -0.1) is 0 Å². The maximum atomic E-state index is 6.28. The lowest BCUT2D eigenvalue weighted by Gasteiger charge is -2.38. The lowest BCUT2D eigenvalue weighted by atomic mass is 9.74. The molecule has 0 aromatic heterocycles. The van der Waals surface area contributed by atoms with Gasteiger partial charge in [-0.25, -0.2) is 0 Å². The molecule has 0 atom stereocenters. The summed E-state index contributed by atoms with van der Waals surface area (Å²) in [5.41, 5.74) is 5.26. The molecule has 0 unspecified atom stereocenters. The van der Waals surface area contributed by atoms with Crippen LogP contribution >= 0.6 is 0 Å². The van der Waals surface area contributed by atoms with Gasteiger partial charge in [-0.2, -0.15) is 0 Å². The highest BCUT2D eigenvalue weighted by molar-refractivity contribution is 5.63. The zero-order chi connectivity index (χ0) is 18.4. The summed E-state index contributed by atoms with van der Waals surface area (Å²) in [6.45, 7) is 3.54. The predicted molar refractivity (Wildman–Crippen MR) is 112 cm³/mol. The van der Waals surface area contributed by atoms with Gasteiger partial charge < -0.3 is 10.1 Å². The number of hydrogen-bond donors (Lipinski definition) is 1. The van der Waals surface area contributed by atoms with Gasteiger partial charge in [0.05, 0.1) is 13.2 Å². The summed E-state index contributed by atoms with van der Waals surface area (Å²) in [7, 11) is 0. The maximum absolute atomic E-state index is 6.28. The minimum Gasteiger partial charge on any atom is -0.376 e. The smallest absolute Gasteiger partial charge is 0.0717 e. The van der Waals surface area contributed by atoms with Crippen LogP contribution in [0.3, 0.4) is 0 Å². The molecule has 1 N–H and O–H groups in total. The van der Waals surface area contributed by atoms with E-state index in [9.17, 15) is 0 Å². The van der Waals surface area contributed by atoms with Crippen LogP contribution in [-0.4, -0.2) is 19.7 Å². The van der Waals surface area contributed by atoms with Gasteiger partial charge in [-0.3, -0.25) is 0 Å². The molecule has 0 aliphatic carbocycles. The molecule has 27 heavy (non-hydrogen) atoms. The molecule has 0 radical (unpaired) electrons. The molecular weight excluding hydrogens is 330 g/mol. The lowest BCUT2D eigenvalue weighted by Crippen LogP contribution is -2.43. The highest BCUT2D eigenvalue weighted by Gasteiger charge is 2.34. The van der Waals surface area contributed by atoms with Crippen LogP contribution in [0, 0.1) is 0 Å². The Morgan fingerprint density at radius 1 is 0.741 bits per heavy atom. The van der Waals surface area contributed by atoms with Crippen LogP contribution in [-0.2, 0) is 16.8 Å². The fourth-order valence-electron chi connectivity index (χ4n) is 4.05. The molecule has 1 fully saturated rings. The Kier molecular flexibility index (Phi) is 5.66. The molecule has 1 aliphatic rings. The molecule has 1 aliphatic heterocycles. The third-order valence-corrected chi connectivity index (χ3v) is 5.63. The standard InChI is InChI=1S/C25H27NO/c1-3-9-22(10-4-1)23-11-7-8-21(18-23)19-27-20-25(14-16-26-17-15-25)24-12-5-2-6-13-24/h1-13,18,26H,14-17,19-20H2. The van der Waals surface area contributed by atoms with Crippen molar-refractivity contribution in [3.8, 4) is 11.1 Å². The Balaban J connectivity index is 1.45. The van der Waals surface area contributed by atoms with E-state index in [1.54, 1.807) is 0 Å². The van der Waals surface area contributed by atoms with Crippen molar-refractivity contribution >= 4 is 0 Å². The van der Waals surface area contributed by atoms with Crippen LogP contribution in [0.1, 0.15) is 24.0 Å². The molecular formula is C25H27NO. The van der Waals surface area contributed by atoms with E-state index in [-0.39, 0.29) is 5.41 Å². The van der Waals surface area contributed by atoms with Crippen LogP contribution in [0.15, 0.2) is 84.9 Å². The Bertz CT molecular complexity index is 838. The van der Waals surface area contributed by atoms with Gasteiger partial charge in [0.15, 0.2) is 0 Å². The summed E-state index contributed by atoms with van der Waals surface area (Å²) < 4.78 is 6.28. The Hall–Kier alpha value is -2.42. The minimum absolute atomic E-state index is 0.129. The number of benzene rings is 3. The summed E-state index contributed by atoms with van der Waals surface area (Å²) in [6, 6.07) is 30.1. The summed E-state index contributed by atoms with van der Waals surface area (Å²) in [5, 5.41) is 3.49. The fraction of sp³-hybridized carbons (Fsp3) is 0.280. The zero-order valence-electron chi connectivity index (χ0n) is 15.7. The molecule has 2 nitrogen and oxygen atoms in total. The normalized spacial score (nSPS) is 16.1. The minimum atomic E-state index is 0.129. The van der Waals surface area contributed by atoms with Gasteiger partial charge >= 0.3 is 0 Å². The van der Waals surface area contributed by atoms with Crippen LogP contribution in [0.25, 0.3) is 11.1 Å². The van der Waals surface area contributed by atoms with E-state index in [0.29, 0.717) is 6.61 Å². The summed E-state index contributed by atoms with van der Waals surface area (Å²) in [5.74, 6) is 0. The van der Waals surface area contributed by atoms with E-state index in [0.717, 1.165) is 32.5 Å². The Morgan fingerprint density at radius 3 is 2.15 bits per heavy atom. The van der Waals surface area contributed by atoms with E-state index in [2.05, 4.69) is 90.2 Å². The Morgan fingerprint density at radius 2 is 1.41 bits per heavy atom. The summed E-state index contributed by atoms with van der Waals surface area (Å²) >= 11 is 0. The Labute approximate surface area is 162 Å². The quantitative estimate of drug-likeness (QED) is 0.655. The van der Waals surface area contributed by atoms with Crippen molar-refractivity contribution in [1.82, 2.24) is 5.32 Å². The van der Waals surface area contributed by atoms with Gasteiger partial charge in [0.2, 0.25) is 0 Å². The number of piperidine rings is 1. The first-order valence-corrected chi connectivity index (χ1v) is 9.84. The van der Waals surface area contributed by atoms with E-state index in [4.69, 9.17) is 4.74 Å². The largest absolute Gasteiger partial charge is 0.376 e. The van der Waals surface area contributed by atoms with Gasteiger partial charge in [0, 0.05) is 5.41 Å². The monoisotopic (exact) mass is 357 g/mol. The summed E-state index contributed by atoms with van der Waals surface area (Å²) in [4.78, 5) is 0. The van der Waals surface area contributed by atoms with Crippen LogP contribution < -0.4 is 5.32 Å².